The highest BCUT2D eigenvalue weighted by molar-refractivity contribution is 5.97. The molecule has 49 heavy (non-hydrogen) atoms. The van der Waals surface area contributed by atoms with Crippen molar-refractivity contribution in [1.82, 2.24) is 4.57 Å². The molecule has 232 valence electrons. The predicted molar refractivity (Wildman–Crippen MR) is 199 cm³/mol. The van der Waals surface area contributed by atoms with Crippen molar-refractivity contribution >= 4 is 28.4 Å². The van der Waals surface area contributed by atoms with Gasteiger partial charge in [0.2, 0.25) is 0 Å². The molecular formula is C45H32N4. The Morgan fingerprint density at radius 1 is 0.735 bits per heavy atom. The summed E-state index contributed by atoms with van der Waals surface area (Å²) >= 11 is 0. The second-order valence-corrected chi connectivity index (χ2v) is 13.1. The maximum atomic E-state index is 10.5. The molecule has 0 fully saturated rings. The number of hydrogen-bond acceptors (Lipinski definition) is 3. The van der Waals surface area contributed by atoms with Gasteiger partial charge in [-0.3, -0.25) is 0 Å². The molecule has 3 atom stereocenters. The monoisotopic (exact) mass is 628 g/mol. The lowest BCUT2D eigenvalue weighted by Gasteiger charge is -2.31. The highest BCUT2D eigenvalue weighted by atomic mass is 15.2. The Morgan fingerprint density at radius 3 is 2.41 bits per heavy atom. The van der Waals surface area contributed by atoms with Crippen molar-refractivity contribution in [3.8, 4) is 40.1 Å². The molecule has 0 saturated carbocycles. The van der Waals surface area contributed by atoms with Gasteiger partial charge in [-0.25, -0.2) is 0 Å². The summed E-state index contributed by atoms with van der Waals surface area (Å²) in [5.74, 6) is 0.586. The third-order valence-corrected chi connectivity index (χ3v) is 10.4. The van der Waals surface area contributed by atoms with Crippen LogP contribution in [0.5, 0.6) is 0 Å². The van der Waals surface area contributed by atoms with E-state index in [1.54, 1.807) is 0 Å². The summed E-state index contributed by atoms with van der Waals surface area (Å²) in [6.07, 6.45) is 14.3. The van der Waals surface area contributed by atoms with Crippen LogP contribution in [0.2, 0.25) is 0 Å². The van der Waals surface area contributed by atoms with Crippen LogP contribution in [-0.2, 0) is 0 Å². The molecule has 3 unspecified atom stereocenters. The summed E-state index contributed by atoms with van der Waals surface area (Å²) in [7, 11) is 0. The number of nitrogens with zero attached hydrogens (tertiary/aromatic N) is 4. The number of benzene rings is 5. The van der Waals surface area contributed by atoms with E-state index in [2.05, 4.69) is 150 Å². The van der Waals surface area contributed by atoms with E-state index < -0.39 is 0 Å². The predicted octanol–water partition coefficient (Wildman–Crippen LogP) is 11.0. The zero-order valence-electron chi connectivity index (χ0n) is 27.1. The lowest BCUT2D eigenvalue weighted by molar-refractivity contribution is 0.723. The van der Waals surface area contributed by atoms with E-state index in [1.165, 1.54) is 22.5 Å². The first-order valence-corrected chi connectivity index (χ1v) is 16.9. The number of para-hydroxylation sites is 2. The zero-order valence-corrected chi connectivity index (χ0v) is 27.1. The molecule has 9 rings (SSSR count). The van der Waals surface area contributed by atoms with E-state index in [0.717, 1.165) is 51.0 Å². The SMILES string of the molecule is CC1CC=Cc2c1n(-c1cccc(-c3c(C#N)cccc3-c3ccccc3N3c4ccccc4C4C=CC=CC43)c1)c1cc(C#N)ccc21. The topological polar surface area (TPSA) is 55.8 Å². The lowest BCUT2D eigenvalue weighted by atomic mass is 9.89. The molecule has 0 bridgehead atoms. The molecule has 0 saturated heterocycles. The first-order valence-electron chi connectivity index (χ1n) is 16.9. The van der Waals surface area contributed by atoms with Crippen LogP contribution in [0.25, 0.3) is 44.9 Å². The average Bonchev–Trinajstić information content (AvgIpc) is 3.68. The van der Waals surface area contributed by atoms with Crippen LogP contribution in [0.15, 0.2) is 140 Å². The minimum atomic E-state index is 0.164. The van der Waals surface area contributed by atoms with Crippen LogP contribution in [0, 0.1) is 22.7 Å². The summed E-state index contributed by atoms with van der Waals surface area (Å²) in [6.45, 7) is 2.27. The maximum Gasteiger partial charge on any atom is 0.0998 e. The summed E-state index contributed by atoms with van der Waals surface area (Å²) in [5.41, 5.74) is 13.4. The second-order valence-electron chi connectivity index (χ2n) is 13.1. The van der Waals surface area contributed by atoms with Crippen molar-refractivity contribution in [2.24, 2.45) is 0 Å². The number of rotatable bonds is 4. The van der Waals surface area contributed by atoms with Gasteiger partial charge in [-0.1, -0.05) is 110 Å². The van der Waals surface area contributed by atoms with Gasteiger partial charge in [0.25, 0.3) is 0 Å². The quantitative estimate of drug-likeness (QED) is 0.195. The molecule has 2 aliphatic carbocycles. The van der Waals surface area contributed by atoms with Gasteiger partial charge >= 0.3 is 0 Å². The standard InChI is InChI=1S/C45H32N4/c1-29-11-8-19-39-37-24-23-30(27-46)25-43(37)48(45(29)39)33-14-9-12-31(26-33)44-32(28-47)13-10-18-38(44)36-17-4-7-22-42(36)49-40-20-5-2-15-34(40)35-16-3-6-21-41(35)49/h2-10,12-26,29,34,40H,11H2,1H3. The van der Waals surface area contributed by atoms with Crippen LogP contribution in [0.4, 0.5) is 11.4 Å². The molecule has 0 N–H and O–H groups in total. The molecular weight excluding hydrogens is 597 g/mol. The summed E-state index contributed by atoms with van der Waals surface area (Å²) in [5, 5.41) is 21.5. The number of allylic oxidation sites excluding steroid dienone is 3. The maximum absolute atomic E-state index is 10.5. The van der Waals surface area contributed by atoms with Crippen molar-refractivity contribution in [3.05, 3.63) is 168 Å². The highest BCUT2D eigenvalue weighted by Gasteiger charge is 2.38. The highest BCUT2D eigenvalue weighted by Crippen LogP contribution is 2.51. The van der Waals surface area contributed by atoms with E-state index in [4.69, 9.17) is 0 Å². The first-order chi connectivity index (χ1) is 24.2. The molecule has 0 spiro atoms. The van der Waals surface area contributed by atoms with Gasteiger partial charge in [0, 0.05) is 56.7 Å². The van der Waals surface area contributed by atoms with Crippen molar-refractivity contribution in [3.63, 3.8) is 0 Å². The van der Waals surface area contributed by atoms with E-state index in [9.17, 15) is 10.5 Å². The van der Waals surface area contributed by atoms with Crippen molar-refractivity contribution in [1.29, 1.82) is 10.5 Å². The number of hydrogen-bond donors (Lipinski definition) is 0. The molecule has 2 heterocycles. The minimum absolute atomic E-state index is 0.164. The Hall–Kier alpha value is -6.36. The van der Waals surface area contributed by atoms with E-state index in [0.29, 0.717) is 17.0 Å². The van der Waals surface area contributed by atoms with Gasteiger partial charge in [0.15, 0.2) is 0 Å². The van der Waals surface area contributed by atoms with Gasteiger partial charge in [-0.15, -0.1) is 0 Å². The van der Waals surface area contributed by atoms with Crippen LogP contribution < -0.4 is 4.90 Å². The molecule has 4 nitrogen and oxygen atoms in total. The van der Waals surface area contributed by atoms with Crippen molar-refractivity contribution in [2.45, 2.75) is 31.2 Å². The molecule has 0 radical (unpaired) electrons. The third kappa shape index (κ3) is 4.42. The Labute approximate surface area is 286 Å². The number of nitriles is 2. The molecule has 6 aromatic rings. The smallest absolute Gasteiger partial charge is 0.0998 e. The first kappa shape index (κ1) is 28.8. The Morgan fingerprint density at radius 2 is 1.53 bits per heavy atom. The number of aromatic nitrogens is 1. The van der Waals surface area contributed by atoms with Gasteiger partial charge < -0.3 is 9.47 Å². The normalized spacial score (nSPS) is 18.5. The largest absolute Gasteiger partial charge is 0.333 e. The van der Waals surface area contributed by atoms with Gasteiger partial charge in [0.1, 0.15) is 0 Å². The molecule has 1 aromatic heterocycles. The zero-order chi connectivity index (χ0) is 33.1. The summed E-state index contributed by atoms with van der Waals surface area (Å²) < 4.78 is 2.33. The lowest BCUT2D eigenvalue weighted by Crippen LogP contribution is -2.28. The molecule has 1 aliphatic heterocycles. The average molecular weight is 629 g/mol. The Bertz CT molecular complexity index is 2490. The van der Waals surface area contributed by atoms with Gasteiger partial charge in [-0.2, -0.15) is 10.5 Å². The molecule has 3 aliphatic rings. The number of fused-ring (bicyclic) bond motifs is 6. The van der Waals surface area contributed by atoms with Crippen LogP contribution in [0.1, 0.15) is 53.1 Å². The van der Waals surface area contributed by atoms with Crippen LogP contribution in [-0.4, -0.2) is 10.6 Å². The molecule has 4 heteroatoms. The van der Waals surface area contributed by atoms with Gasteiger partial charge in [-0.05, 0) is 65.6 Å². The second kappa shape index (κ2) is 11.4. The Kier molecular flexibility index (Phi) is 6.71. The fourth-order valence-corrected chi connectivity index (χ4v) is 8.31. The number of anilines is 2. The molecule has 0 amide bonds. The van der Waals surface area contributed by atoms with Crippen LogP contribution in [0.3, 0.4) is 0 Å². The minimum Gasteiger partial charge on any atom is -0.333 e. The van der Waals surface area contributed by atoms with Gasteiger partial charge in [0.05, 0.1) is 34.8 Å². The fourth-order valence-electron chi connectivity index (χ4n) is 8.31. The van der Waals surface area contributed by atoms with E-state index in [-0.39, 0.29) is 12.0 Å². The molecule has 5 aromatic carbocycles. The van der Waals surface area contributed by atoms with Crippen LogP contribution >= 0.6 is 0 Å². The van der Waals surface area contributed by atoms with Crippen molar-refractivity contribution in [2.75, 3.05) is 4.90 Å². The summed E-state index contributed by atoms with van der Waals surface area (Å²) in [4.78, 5) is 2.47. The Balaban J connectivity index is 1.25. The summed E-state index contributed by atoms with van der Waals surface area (Å²) in [6, 6.07) is 42.9. The third-order valence-electron chi connectivity index (χ3n) is 10.4. The fraction of sp³-hybridized carbons (Fsp3) is 0.111. The van der Waals surface area contributed by atoms with Crippen molar-refractivity contribution < 1.29 is 0 Å². The van der Waals surface area contributed by atoms with E-state index >= 15 is 0 Å². The van der Waals surface area contributed by atoms with E-state index in [1.807, 2.05) is 24.3 Å².